The monoisotopic (exact) mass is 290 g/mol. The fourth-order valence-electron chi connectivity index (χ4n) is 2.11. The van der Waals surface area contributed by atoms with Crippen LogP contribution in [0.1, 0.15) is 29.5 Å². The predicted octanol–water partition coefficient (Wildman–Crippen LogP) is 2.99. The Balaban J connectivity index is 2.15. The highest BCUT2D eigenvalue weighted by Crippen LogP contribution is 2.29. The lowest BCUT2D eigenvalue weighted by molar-refractivity contribution is 0.267. The van der Waals surface area contributed by atoms with Gasteiger partial charge in [-0.25, -0.2) is 0 Å². The van der Waals surface area contributed by atoms with Crippen molar-refractivity contribution >= 4 is 0 Å². The minimum Gasteiger partial charge on any atom is -0.490 e. The summed E-state index contributed by atoms with van der Waals surface area (Å²) in [6.07, 6.45) is 0. The molecular formula is C16H22N2O3. The second-order valence-corrected chi connectivity index (χ2v) is 4.84. The molecule has 0 atom stereocenters. The maximum Gasteiger partial charge on any atom is 0.161 e. The summed E-state index contributed by atoms with van der Waals surface area (Å²) >= 11 is 0. The average molecular weight is 290 g/mol. The number of ether oxygens (including phenoxy) is 2. The molecule has 0 bridgehead atoms. The maximum absolute atomic E-state index is 5.88. The first kappa shape index (κ1) is 15.4. The van der Waals surface area contributed by atoms with Crippen molar-refractivity contribution in [3.05, 3.63) is 40.8 Å². The van der Waals surface area contributed by atoms with Gasteiger partial charge in [-0.1, -0.05) is 11.2 Å². The van der Waals surface area contributed by atoms with Gasteiger partial charge < -0.3 is 19.3 Å². The van der Waals surface area contributed by atoms with Crippen molar-refractivity contribution in [2.45, 2.75) is 33.9 Å². The largest absolute Gasteiger partial charge is 0.490 e. The molecule has 0 aliphatic heterocycles. The van der Waals surface area contributed by atoms with Gasteiger partial charge in [-0.2, -0.15) is 0 Å². The molecular weight excluding hydrogens is 268 g/mol. The molecule has 1 aromatic heterocycles. The minimum absolute atomic E-state index is 0.423. The molecule has 1 aromatic carbocycles. The predicted molar refractivity (Wildman–Crippen MR) is 80.7 cm³/mol. The molecule has 5 nitrogen and oxygen atoms in total. The van der Waals surface area contributed by atoms with Crippen LogP contribution in [0.4, 0.5) is 0 Å². The Bertz CT molecular complexity index is 574. The van der Waals surface area contributed by atoms with Gasteiger partial charge in [0.1, 0.15) is 12.4 Å². The number of hydrogen-bond acceptors (Lipinski definition) is 5. The fraction of sp³-hybridized carbons (Fsp3) is 0.438. The van der Waals surface area contributed by atoms with Gasteiger partial charge in [0, 0.05) is 6.54 Å². The third-order valence-electron chi connectivity index (χ3n) is 3.24. The summed E-state index contributed by atoms with van der Waals surface area (Å²) in [4.78, 5) is 0. The van der Waals surface area contributed by atoms with Crippen molar-refractivity contribution < 1.29 is 14.0 Å². The second kappa shape index (κ2) is 7.13. The molecule has 1 heterocycles. The van der Waals surface area contributed by atoms with Crippen molar-refractivity contribution in [1.29, 1.82) is 0 Å². The number of nitrogens with zero attached hydrogens (tertiary/aromatic N) is 1. The van der Waals surface area contributed by atoms with E-state index in [2.05, 4.69) is 10.5 Å². The topological polar surface area (TPSA) is 56.5 Å². The Morgan fingerprint density at radius 3 is 2.62 bits per heavy atom. The quantitative estimate of drug-likeness (QED) is 0.849. The lowest BCUT2D eigenvalue weighted by atomic mass is 10.2. The summed E-state index contributed by atoms with van der Waals surface area (Å²) in [5.74, 6) is 2.28. The first-order valence-electron chi connectivity index (χ1n) is 7.10. The first-order valence-corrected chi connectivity index (χ1v) is 7.10. The molecule has 21 heavy (non-hydrogen) atoms. The van der Waals surface area contributed by atoms with E-state index in [0.717, 1.165) is 40.6 Å². The van der Waals surface area contributed by atoms with Crippen LogP contribution in [0.5, 0.6) is 11.5 Å². The van der Waals surface area contributed by atoms with Crippen molar-refractivity contribution in [3.63, 3.8) is 0 Å². The van der Waals surface area contributed by atoms with Crippen molar-refractivity contribution in [1.82, 2.24) is 10.5 Å². The molecule has 0 unspecified atom stereocenters. The summed E-state index contributed by atoms with van der Waals surface area (Å²) < 4.78 is 16.7. The molecule has 0 amide bonds. The van der Waals surface area contributed by atoms with Crippen LogP contribution in [-0.4, -0.2) is 18.8 Å². The van der Waals surface area contributed by atoms with E-state index in [1.807, 2.05) is 46.0 Å². The van der Waals surface area contributed by atoms with Crippen LogP contribution in [-0.2, 0) is 13.2 Å². The van der Waals surface area contributed by atoms with Crippen LogP contribution in [0.2, 0.25) is 0 Å². The molecule has 0 aliphatic carbocycles. The van der Waals surface area contributed by atoms with Gasteiger partial charge in [-0.3, -0.25) is 0 Å². The minimum atomic E-state index is 0.423. The summed E-state index contributed by atoms with van der Waals surface area (Å²) in [7, 11) is 1.92. The highest BCUT2D eigenvalue weighted by molar-refractivity contribution is 5.43. The zero-order valence-corrected chi connectivity index (χ0v) is 13.0. The van der Waals surface area contributed by atoms with E-state index >= 15 is 0 Å². The Labute approximate surface area is 125 Å². The van der Waals surface area contributed by atoms with Crippen LogP contribution in [0, 0.1) is 13.8 Å². The SMILES string of the molecule is CCOc1cc(CNC)ccc1OCc1c(C)noc1C. The van der Waals surface area contributed by atoms with E-state index < -0.39 is 0 Å². The number of benzene rings is 1. The molecule has 0 fully saturated rings. The first-order chi connectivity index (χ1) is 10.2. The van der Waals surface area contributed by atoms with E-state index in [9.17, 15) is 0 Å². The van der Waals surface area contributed by atoms with Gasteiger partial charge >= 0.3 is 0 Å². The third-order valence-corrected chi connectivity index (χ3v) is 3.24. The van der Waals surface area contributed by atoms with Crippen LogP contribution < -0.4 is 14.8 Å². The maximum atomic E-state index is 5.88. The number of aryl methyl sites for hydroxylation is 2. The molecule has 1 N–H and O–H groups in total. The van der Waals surface area contributed by atoms with Crippen LogP contribution in [0.15, 0.2) is 22.7 Å². The van der Waals surface area contributed by atoms with Crippen LogP contribution in [0.25, 0.3) is 0 Å². The molecule has 0 radical (unpaired) electrons. The van der Waals surface area contributed by atoms with Gasteiger partial charge in [0.2, 0.25) is 0 Å². The molecule has 0 saturated carbocycles. The highest BCUT2D eigenvalue weighted by Gasteiger charge is 2.12. The Morgan fingerprint density at radius 1 is 1.19 bits per heavy atom. The lowest BCUT2D eigenvalue weighted by Crippen LogP contribution is -2.06. The molecule has 114 valence electrons. The molecule has 2 rings (SSSR count). The molecule has 5 heteroatoms. The van der Waals surface area contributed by atoms with Crippen molar-refractivity contribution in [2.75, 3.05) is 13.7 Å². The summed E-state index contributed by atoms with van der Waals surface area (Å²) in [5, 5.41) is 7.06. The van der Waals surface area contributed by atoms with Gasteiger partial charge in [0.05, 0.1) is 17.9 Å². The van der Waals surface area contributed by atoms with E-state index in [0.29, 0.717) is 13.2 Å². The zero-order valence-electron chi connectivity index (χ0n) is 13.0. The Kier molecular flexibility index (Phi) is 5.22. The summed E-state index contributed by atoms with van der Waals surface area (Å²) in [5.41, 5.74) is 3.00. The van der Waals surface area contributed by atoms with E-state index in [1.54, 1.807) is 0 Å². The van der Waals surface area contributed by atoms with Crippen molar-refractivity contribution in [3.8, 4) is 11.5 Å². The Hall–Kier alpha value is -2.01. The van der Waals surface area contributed by atoms with Crippen molar-refractivity contribution in [2.24, 2.45) is 0 Å². The molecule has 0 spiro atoms. The number of aromatic nitrogens is 1. The average Bonchev–Trinajstić information content (AvgIpc) is 2.78. The number of hydrogen-bond donors (Lipinski definition) is 1. The lowest BCUT2D eigenvalue weighted by Gasteiger charge is -2.13. The second-order valence-electron chi connectivity index (χ2n) is 4.84. The standard InChI is InChI=1S/C16H22N2O3/c1-5-19-16-8-13(9-17-4)6-7-15(16)20-10-14-11(2)18-21-12(14)3/h6-8,17H,5,9-10H2,1-4H3. The number of rotatable bonds is 7. The molecule has 0 saturated heterocycles. The molecule has 2 aromatic rings. The fourth-order valence-corrected chi connectivity index (χ4v) is 2.11. The van der Waals surface area contributed by atoms with Crippen LogP contribution >= 0.6 is 0 Å². The normalized spacial score (nSPS) is 10.7. The summed E-state index contributed by atoms with van der Waals surface area (Å²) in [6, 6.07) is 5.97. The smallest absolute Gasteiger partial charge is 0.161 e. The van der Waals surface area contributed by atoms with Gasteiger partial charge in [0.15, 0.2) is 11.5 Å². The van der Waals surface area contributed by atoms with Gasteiger partial charge in [-0.15, -0.1) is 0 Å². The zero-order chi connectivity index (χ0) is 15.2. The Morgan fingerprint density at radius 2 is 2.00 bits per heavy atom. The van der Waals surface area contributed by atoms with E-state index in [4.69, 9.17) is 14.0 Å². The summed E-state index contributed by atoms with van der Waals surface area (Å²) in [6.45, 7) is 7.58. The van der Waals surface area contributed by atoms with Gasteiger partial charge in [-0.05, 0) is 45.5 Å². The van der Waals surface area contributed by atoms with E-state index in [1.165, 1.54) is 0 Å². The third kappa shape index (κ3) is 3.76. The highest BCUT2D eigenvalue weighted by atomic mass is 16.5. The van der Waals surface area contributed by atoms with Gasteiger partial charge in [0.25, 0.3) is 0 Å². The molecule has 0 aliphatic rings. The van der Waals surface area contributed by atoms with E-state index in [-0.39, 0.29) is 0 Å². The number of nitrogens with one attached hydrogen (secondary N) is 1. The van der Waals surface area contributed by atoms with Crippen LogP contribution in [0.3, 0.4) is 0 Å².